The van der Waals surface area contributed by atoms with Gasteiger partial charge in [0.1, 0.15) is 0 Å². The van der Waals surface area contributed by atoms with Crippen LogP contribution in [0.25, 0.3) is 0 Å². The van der Waals surface area contributed by atoms with Gasteiger partial charge in [0.2, 0.25) is 6.41 Å². The van der Waals surface area contributed by atoms with Crippen LogP contribution in [-0.4, -0.2) is 22.1 Å². The number of nitro benzene ring substituents is 1. The molecule has 1 aliphatic heterocycles. The smallest absolute Gasteiger partial charge is 0.269 e. The first kappa shape index (κ1) is 13.9. The van der Waals surface area contributed by atoms with E-state index in [9.17, 15) is 14.9 Å². The highest BCUT2D eigenvalue weighted by atomic mass is 16.6. The number of carbonyl (C=O) groups is 1. The van der Waals surface area contributed by atoms with Gasteiger partial charge in [0.15, 0.2) is 0 Å². The lowest BCUT2D eigenvalue weighted by Crippen LogP contribution is -2.17. The Balaban J connectivity index is 1.92. The van der Waals surface area contributed by atoms with E-state index in [4.69, 9.17) is 0 Å². The number of amides is 1. The standard InChI is InChI=1S/C16H13N3O3/c20-11-18-16(13-7-4-8-14(9-13)19(21)22)10-15(17-18)12-5-2-1-3-6-12/h1-9,11,16H,10H2. The summed E-state index contributed by atoms with van der Waals surface area (Å²) in [4.78, 5) is 21.7. The van der Waals surface area contributed by atoms with Crippen molar-refractivity contribution >= 4 is 17.8 Å². The highest BCUT2D eigenvalue weighted by molar-refractivity contribution is 6.02. The van der Waals surface area contributed by atoms with Gasteiger partial charge in [-0.05, 0) is 11.1 Å². The minimum absolute atomic E-state index is 0.0107. The molecule has 110 valence electrons. The van der Waals surface area contributed by atoms with Crippen LogP contribution in [0.1, 0.15) is 23.6 Å². The molecule has 0 saturated carbocycles. The molecule has 0 saturated heterocycles. The Morgan fingerprint density at radius 2 is 1.95 bits per heavy atom. The van der Waals surface area contributed by atoms with Crippen LogP contribution in [0, 0.1) is 10.1 Å². The maximum Gasteiger partial charge on any atom is 0.269 e. The lowest BCUT2D eigenvalue weighted by Gasteiger charge is -2.17. The van der Waals surface area contributed by atoms with Gasteiger partial charge in [0.05, 0.1) is 16.7 Å². The zero-order valence-electron chi connectivity index (χ0n) is 11.6. The summed E-state index contributed by atoms with van der Waals surface area (Å²) in [6.07, 6.45) is 1.18. The Bertz CT molecular complexity index is 743. The van der Waals surface area contributed by atoms with Crippen LogP contribution in [0.15, 0.2) is 59.7 Å². The third-order valence-corrected chi connectivity index (χ3v) is 3.62. The number of rotatable bonds is 4. The van der Waals surface area contributed by atoms with Crippen LogP contribution in [0.2, 0.25) is 0 Å². The second kappa shape index (κ2) is 5.77. The normalized spacial score (nSPS) is 17.2. The van der Waals surface area contributed by atoms with Crippen molar-refractivity contribution in [3.63, 3.8) is 0 Å². The first-order valence-corrected chi connectivity index (χ1v) is 6.80. The summed E-state index contributed by atoms with van der Waals surface area (Å²) in [6, 6.07) is 15.6. The Hall–Kier alpha value is -3.02. The lowest BCUT2D eigenvalue weighted by molar-refractivity contribution is -0.384. The fourth-order valence-corrected chi connectivity index (χ4v) is 2.55. The van der Waals surface area contributed by atoms with E-state index >= 15 is 0 Å². The Morgan fingerprint density at radius 1 is 1.18 bits per heavy atom. The Morgan fingerprint density at radius 3 is 2.64 bits per heavy atom. The largest absolute Gasteiger partial charge is 0.277 e. The van der Waals surface area contributed by atoms with Crippen molar-refractivity contribution < 1.29 is 9.72 Å². The maximum atomic E-state index is 11.3. The molecule has 0 bridgehead atoms. The van der Waals surface area contributed by atoms with Gasteiger partial charge >= 0.3 is 0 Å². The summed E-state index contributed by atoms with van der Waals surface area (Å²) in [5.74, 6) is 0. The predicted octanol–water partition coefficient (Wildman–Crippen LogP) is 2.90. The number of hydrazone groups is 1. The molecule has 2 aromatic rings. The molecule has 1 atom stereocenters. The number of nitro groups is 1. The molecule has 0 aliphatic carbocycles. The van der Waals surface area contributed by atoms with Gasteiger partial charge in [-0.25, -0.2) is 5.01 Å². The van der Waals surface area contributed by atoms with Gasteiger partial charge in [-0.15, -0.1) is 0 Å². The quantitative estimate of drug-likeness (QED) is 0.494. The molecule has 6 nitrogen and oxygen atoms in total. The van der Waals surface area contributed by atoms with Crippen molar-refractivity contribution in [2.75, 3.05) is 0 Å². The molecular formula is C16H13N3O3. The van der Waals surface area contributed by atoms with Crippen LogP contribution in [-0.2, 0) is 4.79 Å². The maximum absolute atomic E-state index is 11.3. The third kappa shape index (κ3) is 2.58. The van der Waals surface area contributed by atoms with Gasteiger partial charge in [0.25, 0.3) is 5.69 Å². The number of benzene rings is 2. The van der Waals surface area contributed by atoms with Gasteiger partial charge in [-0.3, -0.25) is 14.9 Å². The fourth-order valence-electron chi connectivity index (χ4n) is 2.55. The minimum atomic E-state index is -0.442. The van der Waals surface area contributed by atoms with Crippen molar-refractivity contribution in [1.29, 1.82) is 0 Å². The summed E-state index contributed by atoms with van der Waals surface area (Å²) in [5.41, 5.74) is 2.46. The first-order valence-electron chi connectivity index (χ1n) is 6.80. The first-order chi connectivity index (χ1) is 10.7. The second-order valence-corrected chi connectivity index (χ2v) is 4.97. The van der Waals surface area contributed by atoms with Crippen molar-refractivity contribution in [2.45, 2.75) is 12.5 Å². The number of hydrogen-bond donors (Lipinski definition) is 0. The van der Waals surface area contributed by atoms with E-state index < -0.39 is 4.92 Å². The molecule has 1 aliphatic rings. The fraction of sp³-hybridized carbons (Fsp3) is 0.125. The number of non-ortho nitro benzene ring substituents is 1. The summed E-state index contributed by atoms with van der Waals surface area (Å²) in [6.45, 7) is 0. The molecule has 0 N–H and O–H groups in total. The van der Waals surface area contributed by atoms with Gasteiger partial charge in [-0.2, -0.15) is 5.10 Å². The summed E-state index contributed by atoms with van der Waals surface area (Å²) in [5, 5.41) is 16.5. The molecular weight excluding hydrogens is 282 g/mol. The Kier molecular flexibility index (Phi) is 3.65. The van der Waals surface area contributed by atoms with Crippen LogP contribution >= 0.6 is 0 Å². The predicted molar refractivity (Wildman–Crippen MR) is 81.3 cm³/mol. The van der Waals surface area contributed by atoms with Crippen LogP contribution in [0.4, 0.5) is 5.69 Å². The summed E-state index contributed by atoms with van der Waals surface area (Å²) >= 11 is 0. The van der Waals surface area contributed by atoms with Crippen molar-refractivity contribution in [3.05, 3.63) is 75.8 Å². The van der Waals surface area contributed by atoms with Crippen LogP contribution in [0.5, 0.6) is 0 Å². The average Bonchev–Trinajstić information content (AvgIpc) is 3.00. The van der Waals surface area contributed by atoms with Crippen molar-refractivity contribution in [3.8, 4) is 0 Å². The molecule has 0 spiro atoms. The highest BCUT2D eigenvalue weighted by Gasteiger charge is 2.29. The number of nitrogens with zero attached hydrogens (tertiary/aromatic N) is 3. The molecule has 0 radical (unpaired) electrons. The van der Waals surface area contributed by atoms with Gasteiger partial charge < -0.3 is 0 Å². The molecule has 0 fully saturated rings. The third-order valence-electron chi connectivity index (χ3n) is 3.62. The zero-order chi connectivity index (χ0) is 15.5. The van der Waals surface area contributed by atoms with E-state index in [0.29, 0.717) is 18.4 Å². The molecule has 0 aromatic heterocycles. The van der Waals surface area contributed by atoms with Crippen LogP contribution in [0.3, 0.4) is 0 Å². The number of hydrogen-bond acceptors (Lipinski definition) is 4. The summed E-state index contributed by atoms with van der Waals surface area (Å²) in [7, 11) is 0. The summed E-state index contributed by atoms with van der Waals surface area (Å²) < 4.78 is 0. The van der Waals surface area contributed by atoms with Crippen LogP contribution < -0.4 is 0 Å². The molecule has 1 unspecified atom stereocenters. The van der Waals surface area contributed by atoms with E-state index in [-0.39, 0.29) is 11.7 Å². The van der Waals surface area contributed by atoms with E-state index in [1.807, 2.05) is 30.3 Å². The highest BCUT2D eigenvalue weighted by Crippen LogP contribution is 2.32. The molecule has 6 heteroatoms. The molecule has 3 rings (SSSR count). The van der Waals surface area contributed by atoms with Crippen molar-refractivity contribution in [1.82, 2.24) is 5.01 Å². The molecule has 1 amide bonds. The molecule has 1 heterocycles. The van der Waals surface area contributed by atoms with Gasteiger partial charge in [0, 0.05) is 18.6 Å². The van der Waals surface area contributed by atoms with E-state index in [1.54, 1.807) is 12.1 Å². The van der Waals surface area contributed by atoms with Gasteiger partial charge in [-0.1, -0.05) is 42.5 Å². The van der Waals surface area contributed by atoms with E-state index in [2.05, 4.69) is 5.10 Å². The topological polar surface area (TPSA) is 75.8 Å². The minimum Gasteiger partial charge on any atom is -0.277 e. The number of carbonyl (C=O) groups excluding carboxylic acids is 1. The van der Waals surface area contributed by atoms with E-state index in [1.165, 1.54) is 17.1 Å². The Labute approximate surface area is 126 Å². The molecule has 2 aromatic carbocycles. The van der Waals surface area contributed by atoms with Crippen molar-refractivity contribution in [2.24, 2.45) is 5.10 Å². The molecule has 22 heavy (non-hydrogen) atoms. The zero-order valence-corrected chi connectivity index (χ0v) is 11.6. The second-order valence-electron chi connectivity index (χ2n) is 4.97. The van der Waals surface area contributed by atoms with E-state index in [0.717, 1.165) is 11.3 Å². The lowest BCUT2D eigenvalue weighted by atomic mass is 9.98. The SMILES string of the molecule is O=CN1N=C(c2ccccc2)CC1c1cccc([N+](=O)[O-])c1. The monoisotopic (exact) mass is 295 g/mol. The average molecular weight is 295 g/mol.